The molecule has 16 heteroatoms. The van der Waals surface area contributed by atoms with Crippen LogP contribution in [-0.2, 0) is 15.1 Å². The summed E-state index contributed by atoms with van der Waals surface area (Å²) >= 11 is 6.52. The van der Waals surface area contributed by atoms with Crippen LogP contribution in [0.1, 0.15) is 57.8 Å². The van der Waals surface area contributed by atoms with E-state index in [2.05, 4.69) is 15.2 Å². The molecule has 49 heavy (non-hydrogen) atoms. The summed E-state index contributed by atoms with van der Waals surface area (Å²) in [7, 11) is 0. The summed E-state index contributed by atoms with van der Waals surface area (Å²) in [4.78, 5) is 39.1. The maximum atomic E-state index is 14.9. The first-order chi connectivity index (χ1) is 23.1. The van der Waals surface area contributed by atoms with Gasteiger partial charge in [0.05, 0.1) is 36.0 Å². The standard InChI is InChI=1S/C33H35ClF3N9O3/c1-31(2,3)15-33(23-8-5-20(6-9-23)22-12-40-44(13-22)28(35)36)27(47)46(29(38)42-33)26(14-49-30(48)43-16-32(4,37)17-43)21-7-10-24(34)25(11-21)45-19-39-18-41-45/h5-13,18-19,26,28H,14-17H2,1-4H3,(H2,38,42)/t26-,33-/m1/s1. The van der Waals surface area contributed by atoms with Gasteiger partial charge < -0.3 is 15.4 Å². The number of aliphatic imine (C=N–C) groups is 1. The number of hydrogen-bond donors (Lipinski definition) is 1. The van der Waals surface area contributed by atoms with Gasteiger partial charge in [0, 0.05) is 11.8 Å². The summed E-state index contributed by atoms with van der Waals surface area (Å²) < 4.78 is 48.2. The van der Waals surface area contributed by atoms with Crippen molar-refractivity contribution in [3.63, 3.8) is 0 Å². The van der Waals surface area contributed by atoms with Gasteiger partial charge in [-0.2, -0.15) is 19.0 Å². The highest BCUT2D eigenvalue weighted by Gasteiger charge is 2.53. The number of likely N-dealkylation sites (tertiary alicyclic amines) is 1. The van der Waals surface area contributed by atoms with Crippen molar-refractivity contribution in [3.8, 4) is 16.8 Å². The molecule has 4 heterocycles. The predicted octanol–water partition coefficient (Wildman–Crippen LogP) is 5.89. The number of rotatable bonds is 9. The largest absolute Gasteiger partial charge is 0.447 e. The fraction of sp³-hybridized carbons (Fsp3) is 0.394. The minimum absolute atomic E-state index is 0.102. The molecule has 2 aliphatic rings. The highest BCUT2D eigenvalue weighted by atomic mass is 35.5. The van der Waals surface area contributed by atoms with E-state index in [4.69, 9.17) is 27.1 Å². The van der Waals surface area contributed by atoms with E-state index in [0.717, 1.165) is 0 Å². The molecular weight excluding hydrogens is 663 g/mol. The summed E-state index contributed by atoms with van der Waals surface area (Å²) in [6.45, 7) is 3.96. The number of carbonyl (C=O) groups excluding carboxylic acids is 2. The summed E-state index contributed by atoms with van der Waals surface area (Å²) in [5, 5.41) is 8.23. The van der Waals surface area contributed by atoms with Crippen LogP contribution in [0.5, 0.6) is 0 Å². The molecule has 6 rings (SSSR count). The van der Waals surface area contributed by atoms with E-state index in [-0.39, 0.29) is 32.1 Å². The Balaban J connectivity index is 1.38. The third-order valence-electron chi connectivity index (χ3n) is 8.40. The van der Waals surface area contributed by atoms with Crippen LogP contribution in [0.2, 0.25) is 5.02 Å². The number of benzene rings is 2. The van der Waals surface area contributed by atoms with Gasteiger partial charge in [-0.25, -0.2) is 28.5 Å². The van der Waals surface area contributed by atoms with Crippen LogP contribution in [0.4, 0.5) is 18.0 Å². The molecule has 1 fully saturated rings. The molecular formula is C33H35ClF3N9O3. The summed E-state index contributed by atoms with van der Waals surface area (Å²) in [6, 6.07) is 10.9. The third-order valence-corrected chi connectivity index (χ3v) is 8.72. The molecule has 2 N–H and O–H groups in total. The number of amides is 2. The van der Waals surface area contributed by atoms with Crippen molar-refractivity contribution in [2.45, 2.75) is 57.9 Å². The molecule has 0 saturated carbocycles. The minimum Gasteiger partial charge on any atom is -0.447 e. The van der Waals surface area contributed by atoms with Gasteiger partial charge in [-0.15, -0.1) is 0 Å². The van der Waals surface area contributed by atoms with Crippen LogP contribution < -0.4 is 5.73 Å². The number of nitrogens with zero attached hydrogens (tertiary/aromatic N) is 8. The highest BCUT2D eigenvalue weighted by molar-refractivity contribution is 6.32. The number of halogens is 4. The molecule has 0 radical (unpaired) electrons. The Kier molecular flexibility index (Phi) is 8.67. The first-order valence-corrected chi connectivity index (χ1v) is 15.8. The quantitative estimate of drug-likeness (QED) is 0.230. The van der Waals surface area contributed by atoms with Gasteiger partial charge in [-0.1, -0.05) is 62.7 Å². The Hall–Kier alpha value is -4.92. The van der Waals surface area contributed by atoms with Crippen molar-refractivity contribution in [3.05, 3.63) is 83.7 Å². The molecule has 0 spiro atoms. The zero-order valence-corrected chi connectivity index (χ0v) is 28.0. The second-order valence-electron chi connectivity index (χ2n) is 13.7. The Bertz CT molecular complexity index is 1880. The number of guanidine groups is 1. The van der Waals surface area contributed by atoms with E-state index in [1.807, 2.05) is 20.8 Å². The van der Waals surface area contributed by atoms with Gasteiger partial charge in [-0.3, -0.25) is 9.69 Å². The van der Waals surface area contributed by atoms with Gasteiger partial charge in [0.1, 0.15) is 24.9 Å². The lowest BCUT2D eigenvalue weighted by Crippen LogP contribution is -2.59. The molecule has 2 aromatic carbocycles. The van der Waals surface area contributed by atoms with Gasteiger partial charge >= 0.3 is 12.6 Å². The molecule has 2 amide bonds. The minimum atomic E-state index is -2.78. The van der Waals surface area contributed by atoms with E-state index in [1.54, 1.807) is 42.5 Å². The maximum absolute atomic E-state index is 14.9. The van der Waals surface area contributed by atoms with Crippen LogP contribution in [0.3, 0.4) is 0 Å². The van der Waals surface area contributed by atoms with E-state index in [9.17, 15) is 22.8 Å². The van der Waals surface area contributed by atoms with Crippen molar-refractivity contribution in [2.24, 2.45) is 16.1 Å². The Morgan fingerprint density at radius 3 is 2.41 bits per heavy atom. The summed E-state index contributed by atoms with van der Waals surface area (Å²) in [5.74, 6) is -0.563. The van der Waals surface area contributed by atoms with Crippen LogP contribution in [0.15, 0.2) is 72.5 Å². The molecule has 1 saturated heterocycles. The summed E-state index contributed by atoms with van der Waals surface area (Å²) in [6.07, 6.45) is 4.90. The molecule has 2 aromatic heterocycles. The van der Waals surface area contributed by atoms with Crippen molar-refractivity contribution in [1.82, 2.24) is 34.3 Å². The van der Waals surface area contributed by atoms with Gasteiger partial charge in [0.15, 0.2) is 11.5 Å². The number of nitrogens with two attached hydrogens (primary N) is 1. The van der Waals surface area contributed by atoms with Crippen LogP contribution >= 0.6 is 11.6 Å². The lowest BCUT2D eigenvalue weighted by molar-refractivity contribution is -0.135. The maximum Gasteiger partial charge on any atom is 0.410 e. The van der Waals surface area contributed by atoms with Crippen molar-refractivity contribution < 1.29 is 27.5 Å². The lowest BCUT2D eigenvalue weighted by Gasteiger charge is -2.41. The van der Waals surface area contributed by atoms with Crippen molar-refractivity contribution in [1.29, 1.82) is 0 Å². The molecule has 12 nitrogen and oxygen atoms in total. The molecule has 2 aliphatic heterocycles. The van der Waals surface area contributed by atoms with E-state index >= 15 is 0 Å². The van der Waals surface area contributed by atoms with E-state index in [0.29, 0.717) is 37.6 Å². The first kappa shape index (κ1) is 34.0. The molecule has 0 bridgehead atoms. The molecule has 258 valence electrons. The Morgan fingerprint density at radius 1 is 1.10 bits per heavy atom. The molecule has 0 unspecified atom stereocenters. The van der Waals surface area contributed by atoms with Gasteiger partial charge in [0.25, 0.3) is 5.91 Å². The average molecular weight is 698 g/mol. The smallest absolute Gasteiger partial charge is 0.410 e. The zero-order chi connectivity index (χ0) is 35.3. The van der Waals surface area contributed by atoms with Crippen LogP contribution in [-0.4, -0.2) is 77.7 Å². The monoisotopic (exact) mass is 697 g/mol. The number of alkyl halides is 3. The Morgan fingerprint density at radius 2 is 1.82 bits per heavy atom. The third kappa shape index (κ3) is 6.71. The number of aromatic nitrogens is 5. The topological polar surface area (TPSA) is 137 Å². The molecule has 0 aliphatic carbocycles. The molecule has 4 aromatic rings. The van der Waals surface area contributed by atoms with E-state index in [1.165, 1.54) is 46.5 Å². The zero-order valence-electron chi connectivity index (χ0n) is 27.2. The summed E-state index contributed by atoms with van der Waals surface area (Å²) in [5.41, 5.74) is 5.78. The SMILES string of the molecule is CC(C)(C)C[C@]1(c2ccc(-c3cnn(C(F)F)c3)cc2)N=C(N)N([C@H](COC(=O)N2CC(C)(F)C2)c2ccc(Cl)c(-n3cncn3)c2)C1=O. The average Bonchev–Trinajstić information content (AvgIpc) is 3.78. The first-order valence-electron chi connectivity index (χ1n) is 15.4. The van der Waals surface area contributed by atoms with Gasteiger partial charge in [-0.05, 0) is 47.6 Å². The number of carbonyl (C=O) groups is 2. The number of hydrogen-bond acceptors (Lipinski definition) is 8. The normalized spacial score (nSPS) is 19.6. The van der Waals surface area contributed by atoms with Crippen molar-refractivity contribution >= 4 is 29.6 Å². The van der Waals surface area contributed by atoms with Crippen LogP contribution in [0.25, 0.3) is 16.8 Å². The second-order valence-corrected chi connectivity index (χ2v) is 14.1. The second kappa shape index (κ2) is 12.5. The highest BCUT2D eigenvalue weighted by Crippen LogP contribution is 2.45. The van der Waals surface area contributed by atoms with Crippen molar-refractivity contribution in [2.75, 3.05) is 19.7 Å². The molecule has 2 atom stereocenters. The van der Waals surface area contributed by atoms with E-state index < -0.39 is 41.2 Å². The lowest BCUT2D eigenvalue weighted by atomic mass is 9.75. The predicted molar refractivity (Wildman–Crippen MR) is 175 cm³/mol. The van der Waals surface area contributed by atoms with Crippen LogP contribution in [0, 0.1) is 5.41 Å². The number of ether oxygens (including phenoxy) is 1. The fourth-order valence-corrected chi connectivity index (χ4v) is 6.50. The Labute approximate surface area is 285 Å². The van der Waals surface area contributed by atoms with Gasteiger partial charge in [0.2, 0.25) is 0 Å². The fourth-order valence-electron chi connectivity index (χ4n) is 6.29.